The summed E-state index contributed by atoms with van der Waals surface area (Å²) in [5.74, 6) is 0. The zero-order valence-corrected chi connectivity index (χ0v) is 11.6. The number of aromatic amines is 1. The lowest BCUT2D eigenvalue weighted by molar-refractivity contribution is -0.107. The molecule has 6 heteroatoms. The van der Waals surface area contributed by atoms with E-state index in [4.69, 9.17) is 9.31 Å². The summed E-state index contributed by atoms with van der Waals surface area (Å²) in [4.78, 5) is 24.7. The van der Waals surface area contributed by atoms with E-state index >= 15 is 0 Å². The normalized spacial score (nSPS) is 20.5. The van der Waals surface area contributed by atoms with Crippen molar-refractivity contribution in [1.29, 1.82) is 0 Å². The van der Waals surface area contributed by atoms with E-state index in [0.717, 1.165) is 6.29 Å². The summed E-state index contributed by atoms with van der Waals surface area (Å²) in [7, 11) is -0.572. The maximum absolute atomic E-state index is 11.3. The first-order chi connectivity index (χ1) is 8.77. The van der Waals surface area contributed by atoms with Gasteiger partial charge in [-0.05, 0) is 27.7 Å². The van der Waals surface area contributed by atoms with Crippen molar-refractivity contribution in [2.75, 3.05) is 0 Å². The summed E-state index contributed by atoms with van der Waals surface area (Å²) in [6.07, 6.45) is 0.884. The van der Waals surface area contributed by atoms with Crippen LogP contribution in [0.1, 0.15) is 33.4 Å². The second-order valence-electron chi connectivity index (χ2n) is 5.72. The Morgan fingerprint density at radius 2 is 1.79 bits per heavy atom. The van der Waals surface area contributed by atoms with E-state index < -0.39 is 18.3 Å². The smallest absolute Gasteiger partial charge is 0.399 e. The van der Waals surface area contributed by atoms with Crippen molar-refractivity contribution >= 4 is 18.9 Å². The lowest BCUT2D eigenvalue weighted by Gasteiger charge is -2.32. The van der Waals surface area contributed by atoms with Crippen molar-refractivity contribution in [3.8, 4) is 0 Å². The molecule has 0 bridgehead atoms. The molecule has 0 unspecified atom stereocenters. The summed E-state index contributed by atoms with van der Waals surface area (Å²) in [5, 5.41) is 0. The molecular formula is C13H18BNO4. The van der Waals surface area contributed by atoms with Crippen LogP contribution in [0.15, 0.2) is 16.9 Å². The SMILES string of the molecule is CC1(C)OB(c2ccc(=O)[nH]c2CC=O)OC1(C)C. The molecule has 0 spiro atoms. The zero-order chi connectivity index (χ0) is 14.3. The standard InChI is InChI=1S/C13H18BNO4/c1-12(2)13(3,4)19-14(18-12)9-5-6-11(17)15-10(9)7-8-16/h5-6,8H,7H2,1-4H3,(H,15,17). The fourth-order valence-electron chi connectivity index (χ4n) is 1.97. The van der Waals surface area contributed by atoms with Crippen LogP contribution < -0.4 is 11.0 Å². The minimum absolute atomic E-state index is 0.134. The average Bonchev–Trinajstić information content (AvgIpc) is 2.48. The number of rotatable bonds is 3. The van der Waals surface area contributed by atoms with E-state index in [1.165, 1.54) is 6.07 Å². The highest BCUT2D eigenvalue weighted by molar-refractivity contribution is 6.62. The number of hydrogen-bond donors (Lipinski definition) is 1. The summed E-state index contributed by atoms with van der Waals surface area (Å²) < 4.78 is 11.8. The van der Waals surface area contributed by atoms with Crippen LogP contribution in [0.2, 0.25) is 0 Å². The predicted octanol–water partition coefficient (Wildman–Crippen LogP) is 0.415. The van der Waals surface area contributed by atoms with Gasteiger partial charge in [0.05, 0.1) is 11.2 Å². The van der Waals surface area contributed by atoms with Gasteiger partial charge < -0.3 is 19.1 Å². The Bertz CT molecular complexity index is 534. The number of carbonyl (C=O) groups is 1. The van der Waals surface area contributed by atoms with Gasteiger partial charge >= 0.3 is 7.12 Å². The number of aldehydes is 1. The summed E-state index contributed by atoms with van der Waals surface area (Å²) >= 11 is 0. The molecule has 1 aromatic rings. The van der Waals surface area contributed by atoms with Gasteiger partial charge in [0.25, 0.3) is 0 Å². The molecule has 2 rings (SSSR count). The predicted molar refractivity (Wildman–Crippen MR) is 72.5 cm³/mol. The number of nitrogens with one attached hydrogen (secondary N) is 1. The van der Waals surface area contributed by atoms with Crippen molar-refractivity contribution < 1.29 is 14.1 Å². The highest BCUT2D eigenvalue weighted by Crippen LogP contribution is 2.36. The van der Waals surface area contributed by atoms with Crippen molar-refractivity contribution in [3.63, 3.8) is 0 Å². The maximum Gasteiger partial charge on any atom is 0.496 e. The molecular weight excluding hydrogens is 245 g/mol. The average molecular weight is 263 g/mol. The Morgan fingerprint density at radius 3 is 2.32 bits per heavy atom. The van der Waals surface area contributed by atoms with E-state index in [1.807, 2.05) is 27.7 Å². The fraction of sp³-hybridized carbons (Fsp3) is 0.538. The van der Waals surface area contributed by atoms with Crippen LogP contribution in [0.25, 0.3) is 0 Å². The monoisotopic (exact) mass is 263 g/mol. The first-order valence-electron chi connectivity index (χ1n) is 6.28. The van der Waals surface area contributed by atoms with Gasteiger partial charge in [0.2, 0.25) is 5.56 Å². The molecule has 102 valence electrons. The number of aromatic nitrogens is 1. The van der Waals surface area contributed by atoms with Gasteiger partial charge in [-0.3, -0.25) is 4.79 Å². The molecule has 0 saturated carbocycles. The quantitative estimate of drug-likeness (QED) is 0.633. The number of H-pyrrole nitrogens is 1. The highest BCUT2D eigenvalue weighted by Gasteiger charge is 2.52. The van der Waals surface area contributed by atoms with Crippen LogP contribution in [-0.2, 0) is 20.5 Å². The minimum atomic E-state index is -0.572. The first kappa shape index (κ1) is 14.0. The molecule has 0 radical (unpaired) electrons. The second-order valence-corrected chi connectivity index (χ2v) is 5.72. The Kier molecular flexibility index (Phi) is 3.41. The number of carbonyl (C=O) groups excluding carboxylic acids is 1. The molecule has 0 aliphatic carbocycles. The molecule has 1 N–H and O–H groups in total. The van der Waals surface area contributed by atoms with E-state index in [-0.39, 0.29) is 12.0 Å². The van der Waals surface area contributed by atoms with Crippen LogP contribution in [0.4, 0.5) is 0 Å². The number of hydrogen-bond acceptors (Lipinski definition) is 4. The lowest BCUT2D eigenvalue weighted by atomic mass is 9.77. The molecule has 1 aliphatic rings. The molecule has 1 aliphatic heterocycles. The van der Waals surface area contributed by atoms with E-state index in [0.29, 0.717) is 11.2 Å². The Hall–Kier alpha value is -1.40. The van der Waals surface area contributed by atoms with Crippen molar-refractivity contribution in [3.05, 3.63) is 28.2 Å². The largest absolute Gasteiger partial charge is 0.496 e. The summed E-state index contributed by atoms with van der Waals surface area (Å²) in [5.41, 5.74) is 0.0989. The van der Waals surface area contributed by atoms with Gasteiger partial charge in [-0.15, -0.1) is 0 Å². The third-order valence-corrected chi connectivity index (χ3v) is 3.83. The molecule has 0 atom stereocenters. The molecule has 19 heavy (non-hydrogen) atoms. The highest BCUT2D eigenvalue weighted by atomic mass is 16.7. The van der Waals surface area contributed by atoms with Crippen molar-refractivity contribution in [2.24, 2.45) is 0 Å². The molecule has 1 aromatic heterocycles. The summed E-state index contributed by atoms with van der Waals surface area (Å²) in [6.45, 7) is 7.83. The molecule has 5 nitrogen and oxygen atoms in total. The van der Waals surface area contributed by atoms with Crippen molar-refractivity contribution in [2.45, 2.75) is 45.3 Å². The summed E-state index contributed by atoms with van der Waals surface area (Å²) in [6, 6.07) is 3.06. The molecule has 0 aromatic carbocycles. The van der Waals surface area contributed by atoms with Gasteiger partial charge in [0.15, 0.2) is 0 Å². The van der Waals surface area contributed by atoms with Crippen LogP contribution >= 0.6 is 0 Å². The Morgan fingerprint density at radius 1 is 1.21 bits per heavy atom. The third kappa shape index (κ3) is 2.50. The molecule has 0 amide bonds. The number of pyridine rings is 1. The van der Waals surface area contributed by atoms with Crippen molar-refractivity contribution in [1.82, 2.24) is 4.98 Å². The Labute approximate surface area is 112 Å². The van der Waals surface area contributed by atoms with Crippen LogP contribution in [-0.4, -0.2) is 29.6 Å². The minimum Gasteiger partial charge on any atom is -0.399 e. The van der Waals surface area contributed by atoms with E-state index in [2.05, 4.69) is 4.98 Å². The Balaban J connectivity index is 2.39. The fourth-order valence-corrected chi connectivity index (χ4v) is 1.97. The first-order valence-corrected chi connectivity index (χ1v) is 6.28. The second kappa shape index (κ2) is 4.61. The molecule has 2 heterocycles. The van der Waals surface area contributed by atoms with Gasteiger partial charge in [0, 0.05) is 23.6 Å². The molecule has 1 saturated heterocycles. The van der Waals surface area contributed by atoms with Gasteiger partial charge in [0.1, 0.15) is 6.29 Å². The lowest BCUT2D eigenvalue weighted by Crippen LogP contribution is -2.41. The van der Waals surface area contributed by atoms with Crippen LogP contribution in [0.5, 0.6) is 0 Å². The molecule has 1 fully saturated rings. The van der Waals surface area contributed by atoms with E-state index in [1.54, 1.807) is 6.07 Å². The van der Waals surface area contributed by atoms with Gasteiger partial charge in [-0.2, -0.15) is 0 Å². The third-order valence-electron chi connectivity index (χ3n) is 3.83. The zero-order valence-electron chi connectivity index (χ0n) is 11.6. The maximum atomic E-state index is 11.3. The van der Waals surface area contributed by atoms with Crippen LogP contribution in [0.3, 0.4) is 0 Å². The topological polar surface area (TPSA) is 68.4 Å². The van der Waals surface area contributed by atoms with Crippen LogP contribution in [0, 0.1) is 0 Å². The van der Waals surface area contributed by atoms with E-state index in [9.17, 15) is 9.59 Å². The van der Waals surface area contributed by atoms with Gasteiger partial charge in [-0.1, -0.05) is 6.07 Å². The van der Waals surface area contributed by atoms with Gasteiger partial charge in [-0.25, -0.2) is 0 Å².